The number of aryl methyl sites for hydroxylation is 1. The molecule has 4 rings (SSSR count). The van der Waals surface area contributed by atoms with Crippen LogP contribution in [0.1, 0.15) is 17.7 Å². The molecule has 6 nitrogen and oxygen atoms in total. The van der Waals surface area contributed by atoms with Crippen molar-refractivity contribution in [3.63, 3.8) is 0 Å². The average Bonchev–Trinajstić information content (AvgIpc) is 3.15. The molecule has 0 saturated carbocycles. The van der Waals surface area contributed by atoms with E-state index < -0.39 is 5.91 Å². The standard InChI is InChI=1S/C20H18BrN3O3S/c1-11-17(12-6-8-13(21)9-7-12)23-20(28-11)22-16(25)10-24-18(26)14-4-2-3-5-15(14)19(24)27/h2-3,6-9,14-15H,4-5,10H2,1H3,(H,22,23,25). The fourth-order valence-electron chi connectivity index (χ4n) is 3.65. The zero-order chi connectivity index (χ0) is 19.8. The highest BCUT2D eigenvalue weighted by molar-refractivity contribution is 9.10. The van der Waals surface area contributed by atoms with Gasteiger partial charge in [-0.1, -0.05) is 40.2 Å². The first-order valence-corrected chi connectivity index (χ1v) is 10.6. The van der Waals surface area contributed by atoms with Crippen molar-refractivity contribution in [2.45, 2.75) is 19.8 Å². The number of hydrogen-bond donors (Lipinski definition) is 1. The van der Waals surface area contributed by atoms with E-state index in [0.717, 1.165) is 25.5 Å². The Morgan fingerprint density at radius 2 is 1.79 bits per heavy atom. The van der Waals surface area contributed by atoms with E-state index in [1.165, 1.54) is 11.3 Å². The third-order valence-electron chi connectivity index (χ3n) is 5.06. The number of aromatic nitrogens is 1. The molecule has 8 heteroatoms. The highest BCUT2D eigenvalue weighted by Crippen LogP contribution is 2.35. The predicted octanol–water partition coefficient (Wildman–Crippen LogP) is 3.77. The summed E-state index contributed by atoms with van der Waals surface area (Å²) in [6, 6.07) is 7.78. The molecular weight excluding hydrogens is 442 g/mol. The number of thiazole rings is 1. The van der Waals surface area contributed by atoms with Crippen molar-refractivity contribution >= 4 is 50.1 Å². The van der Waals surface area contributed by atoms with E-state index in [1.807, 2.05) is 43.3 Å². The molecule has 1 aromatic carbocycles. The molecule has 1 aliphatic heterocycles. The maximum absolute atomic E-state index is 12.5. The molecule has 2 heterocycles. The minimum absolute atomic E-state index is 0.250. The maximum atomic E-state index is 12.5. The molecule has 2 aromatic rings. The lowest BCUT2D eigenvalue weighted by Crippen LogP contribution is -2.38. The molecule has 1 N–H and O–H groups in total. The number of imide groups is 1. The number of nitrogens with one attached hydrogen (secondary N) is 1. The van der Waals surface area contributed by atoms with E-state index in [0.29, 0.717) is 18.0 Å². The number of benzene rings is 1. The van der Waals surface area contributed by atoms with Crippen molar-refractivity contribution in [1.29, 1.82) is 0 Å². The summed E-state index contributed by atoms with van der Waals surface area (Å²) in [5.74, 6) is -1.56. The zero-order valence-corrected chi connectivity index (χ0v) is 17.5. The van der Waals surface area contributed by atoms with E-state index in [9.17, 15) is 14.4 Å². The van der Waals surface area contributed by atoms with Gasteiger partial charge in [0, 0.05) is 14.9 Å². The quantitative estimate of drug-likeness (QED) is 0.557. The van der Waals surface area contributed by atoms with Crippen LogP contribution in [0.3, 0.4) is 0 Å². The first-order valence-electron chi connectivity index (χ1n) is 8.97. The number of halogens is 1. The number of anilines is 1. The highest BCUT2D eigenvalue weighted by Gasteiger charge is 2.47. The van der Waals surface area contributed by atoms with Gasteiger partial charge in [0.15, 0.2) is 5.13 Å². The van der Waals surface area contributed by atoms with Gasteiger partial charge in [0.25, 0.3) is 0 Å². The molecule has 1 fully saturated rings. The second-order valence-electron chi connectivity index (χ2n) is 6.90. The molecule has 1 saturated heterocycles. The number of carbonyl (C=O) groups excluding carboxylic acids is 3. The molecule has 0 spiro atoms. The Balaban J connectivity index is 1.45. The van der Waals surface area contributed by atoms with Crippen molar-refractivity contribution < 1.29 is 14.4 Å². The van der Waals surface area contributed by atoms with Gasteiger partial charge in [-0.05, 0) is 31.9 Å². The number of amides is 3. The van der Waals surface area contributed by atoms with Crippen molar-refractivity contribution in [3.8, 4) is 11.3 Å². The third-order valence-corrected chi connectivity index (χ3v) is 6.48. The minimum atomic E-state index is -0.413. The fourth-order valence-corrected chi connectivity index (χ4v) is 4.77. The number of allylic oxidation sites excluding steroid dienone is 2. The predicted molar refractivity (Wildman–Crippen MR) is 111 cm³/mol. The van der Waals surface area contributed by atoms with Crippen LogP contribution < -0.4 is 5.32 Å². The fraction of sp³-hybridized carbons (Fsp3) is 0.300. The van der Waals surface area contributed by atoms with Gasteiger partial charge in [0.1, 0.15) is 6.54 Å². The second kappa shape index (κ2) is 7.60. The molecule has 0 radical (unpaired) electrons. The Bertz CT molecular complexity index is 957. The number of nitrogens with zero attached hydrogens (tertiary/aromatic N) is 2. The lowest BCUT2D eigenvalue weighted by Gasteiger charge is -2.14. The first kappa shape index (κ1) is 19.0. The largest absolute Gasteiger partial charge is 0.300 e. The Morgan fingerprint density at radius 3 is 2.39 bits per heavy atom. The maximum Gasteiger partial charge on any atom is 0.246 e. The number of likely N-dealkylation sites (tertiary alicyclic amines) is 1. The van der Waals surface area contributed by atoms with Crippen molar-refractivity contribution in [2.75, 3.05) is 11.9 Å². The molecule has 2 aliphatic rings. The smallest absolute Gasteiger partial charge is 0.246 e. The van der Waals surface area contributed by atoms with Crippen LogP contribution in [0.25, 0.3) is 11.3 Å². The summed E-state index contributed by atoms with van der Waals surface area (Å²) in [6.07, 6.45) is 4.99. The molecule has 2 atom stereocenters. The van der Waals surface area contributed by atoms with Crippen LogP contribution in [0.15, 0.2) is 40.9 Å². The van der Waals surface area contributed by atoms with E-state index in [2.05, 4.69) is 26.2 Å². The van der Waals surface area contributed by atoms with Gasteiger partial charge in [0.05, 0.1) is 17.5 Å². The van der Waals surface area contributed by atoms with Crippen LogP contribution in [-0.2, 0) is 14.4 Å². The topological polar surface area (TPSA) is 79.4 Å². The van der Waals surface area contributed by atoms with Crippen LogP contribution >= 0.6 is 27.3 Å². The summed E-state index contributed by atoms with van der Waals surface area (Å²) in [7, 11) is 0. The Kier molecular flexibility index (Phi) is 5.16. The molecule has 1 aromatic heterocycles. The molecule has 2 unspecified atom stereocenters. The van der Waals surface area contributed by atoms with Gasteiger partial charge in [-0.2, -0.15) is 0 Å². The summed E-state index contributed by atoms with van der Waals surface area (Å²) in [5, 5.41) is 3.19. The third kappa shape index (κ3) is 3.54. The summed E-state index contributed by atoms with van der Waals surface area (Å²) in [4.78, 5) is 44.0. The van der Waals surface area contributed by atoms with Gasteiger partial charge in [0.2, 0.25) is 17.7 Å². The van der Waals surface area contributed by atoms with Gasteiger partial charge in [-0.25, -0.2) is 4.98 Å². The molecule has 144 valence electrons. The van der Waals surface area contributed by atoms with Gasteiger partial charge < -0.3 is 5.32 Å². The molecular formula is C20H18BrN3O3S. The van der Waals surface area contributed by atoms with E-state index in [-0.39, 0.29) is 30.2 Å². The highest BCUT2D eigenvalue weighted by atomic mass is 79.9. The lowest BCUT2D eigenvalue weighted by molar-refractivity contribution is -0.142. The minimum Gasteiger partial charge on any atom is -0.300 e. The van der Waals surface area contributed by atoms with Gasteiger partial charge in [-0.15, -0.1) is 11.3 Å². The van der Waals surface area contributed by atoms with Gasteiger partial charge in [-0.3, -0.25) is 19.3 Å². The monoisotopic (exact) mass is 459 g/mol. The van der Waals surface area contributed by atoms with E-state index in [1.54, 1.807) is 0 Å². The Labute approximate surface area is 174 Å². The number of fused-ring (bicyclic) bond motifs is 1. The normalized spacial score (nSPS) is 21.1. The lowest BCUT2D eigenvalue weighted by atomic mass is 9.85. The van der Waals surface area contributed by atoms with Crippen LogP contribution in [0.5, 0.6) is 0 Å². The summed E-state index contributed by atoms with van der Waals surface area (Å²) in [6.45, 7) is 1.67. The zero-order valence-electron chi connectivity index (χ0n) is 15.1. The van der Waals surface area contributed by atoms with Crippen LogP contribution in [0.4, 0.5) is 5.13 Å². The molecule has 28 heavy (non-hydrogen) atoms. The van der Waals surface area contributed by atoms with Crippen molar-refractivity contribution in [3.05, 3.63) is 45.8 Å². The summed E-state index contributed by atoms with van der Waals surface area (Å²) < 4.78 is 0.980. The summed E-state index contributed by atoms with van der Waals surface area (Å²) in [5.41, 5.74) is 1.76. The number of rotatable bonds is 4. The van der Waals surface area contributed by atoms with Crippen LogP contribution in [0.2, 0.25) is 0 Å². The van der Waals surface area contributed by atoms with Crippen LogP contribution in [0, 0.1) is 18.8 Å². The molecule has 0 bridgehead atoms. The Morgan fingerprint density at radius 1 is 1.18 bits per heavy atom. The SMILES string of the molecule is Cc1sc(NC(=O)CN2C(=O)C3CC=CCC3C2=O)nc1-c1ccc(Br)cc1. The second-order valence-corrected chi connectivity index (χ2v) is 9.02. The van der Waals surface area contributed by atoms with Crippen molar-refractivity contribution in [1.82, 2.24) is 9.88 Å². The number of carbonyl (C=O) groups is 3. The Hall–Kier alpha value is -2.32. The van der Waals surface area contributed by atoms with E-state index >= 15 is 0 Å². The number of hydrogen-bond acceptors (Lipinski definition) is 5. The van der Waals surface area contributed by atoms with Gasteiger partial charge >= 0.3 is 0 Å². The average molecular weight is 460 g/mol. The first-order chi connectivity index (χ1) is 13.4. The molecule has 1 aliphatic carbocycles. The van der Waals surface area contributed by atoms with Crippen LogP contribution in [-0.4, -0.2) is 34.2 Å². The summed E-state index contributed by atoms with van der Waals surface area (Å²) >= 11 is 4.78. The molecule has 3 amide bonds. The van der Waals surface area contributed by atoms with Crippen molar-refractivity contribution in [2.24, 2.45) is 11.8 Å². The van der Waals surface area contributed by atoms with E-state index in [4.69, 9.17) is 0 Å².